The number of ether oxygens (including phenoxy) is 1. The minimum atomic E-state index is -0.865. The quantitative estimate of drug-likeness (QED) is 0.183. The number of ketones is 1. The van der Waals surface area contributed by atoms with E-state index < -0.39 is 17.7 Å². The van der Waals surface area contributed by atoms with Crippen molar-refractivity contribution in [2.75, 3.05) is 11.5 Å². The van der Waals surface area contributed by atoms with E-state index in [-0.39, 0.29) is 11.3 Å². The van der Waals surface area contributed by atoms with Gasteiger partial charge in [-0.1, -0.05) is 41.1 Å². The van der Waals surface area contributed by atoms with E-state index in [4.69, 9.17) is 21.3 Å². The van der Waals surface area contributed by atoms with Crippen molar-refractivity contribution in [3.05, 3.63) is 93.5 Å². The maximum absolute atomic E-state index is 13.4. The average Bonchev–Trinajstić information content (AvgIpc) is 3.38. The smallest absolute Gasteiger partial charge is 0.301 e. The number of carbonyl (C=O) groups excluding carboxylic acids is 2. The highest BCUT2D eigenvalue weighted by molar-refractivity contribution is 7.22. The van der Waals surface area contributed by atoms with Crippen LogP contribution in [0.1, 0.15) is 35.2 Å². The molecular weight excluding hydrogens is 496 g/mol. The van der Waals surface area contributed by atoms with Crippen LogP contribution in [-0.4, -0.2) is 28.4 Å². The van der Waals surface area contributed by atoms with Gasteiger partial charge >= 0.3 is 5.91 Å². The number of hydrogen-bond donors (Lipinski definition) is 1. The van der Waals surface area contributed by atoms with Crippen LogP contribution in [0.2, 0.25) is 5.02 Å². The lowest BCUT2D eigenvalue weighted by Crippen LogP contribution is -2.29. The van der Waals surface area contributed by atoms with Crippen molar-refractivity contribution in [2.24, 2.45) is 0 Å². The van der Waals surface area contributed by atoms with Gasteiger partial charge in [0.05, 0.1) is 28.4 Å². The summed E-state index contributed by atoms with van der Waals surface area (Å²) in [5.74, 6) is -1.12. The number of Topliss-reactive ketones (excluding diaryl/α,β-unsaturated/α-hetero) is 1. The number of rotatable bonds is 5. The Labute approximate surface area is 217 Å². The molecule has 8 heteroatoms. The molecule has 1 aliphatic rings. The molecule has 5 rings (SSSR count). The first-order valence-corrected chi connectivity index (χ1v) is 12.7. The summed E-state index contributed by atoms with van der Waals surface area (Å²) in [5.41, 5.74) is 3.90. The van der Waals surface area contributed by atoms with Crippen LogP contribution < -0.4 is 9.64 Å². The lowest BCUT2D eigenvalue weighted by atomic mass is 9.95. The predicted molar refractivity (Wildman–Crippen MR) is 143 cm³/mol. The lowest BCUT2D eigenvalue weighted by Gasteiger charge is -2.23. The Morgan fingerprint density at radius 1 is 1.08 bits per heavy atom. The van der Waals surface area contributed by atoms with Crippen molar-refractivity contribution < 1.29 is 19.4 Å². The molecule has 1 atom stereocenters. The van der Waals surface area contributed by atoms with Crippen LogP contribution in [0.25, 0.3) is 16.0 Å². The van der Waals surface area contributed by atoms with Gasteiger partial charge in [0.15, 0.2) is 5.13 Å². The first-order valence-electron chi connectivity index (χ1n) is 11.5. The van der Waals surface area contributed by atoms with Gasteiger partial charge in [-0.3, -0.25) is 14.5 Å². The van der Waals surface area contributed by atoms with Crippen LogP contribution in [-0.2, 0) is 9.59 Å². The van der Waals surface area contributed by atoms with Gasteiger partial charge in [0.2, 0.25) is 0 Å². The van der Waals surface area contributed by atoms with E-state index in [1.54, 1.807) is 48.5 Å². The van der Waals surface area contributed by atoms with Crippen LogP contribution in [0.4, 0.5) is 5.13 Å². The van der Waals surface area contributed by atoms with E-state index in [0.29, 0.717) is 33.6 Å². The van der Waals surface area contributed by atoms with E-state index in [9.17, 15) is 14.7 Å². The minimum absolute atomic E-state index is 0.00126. The minimum Gasteiger partial charge on any atom is -0.507 e. The molecule has 0 bridgehead atoms. The van der Waals surface area contributed by atoms with Crippen molar-refractivity contribution in [3.8, 4) is 5.75 Å². The fourth-order valence-corrected chi connectivity index (χ4v) is 5.78. The maximum atomic E-state index is 13.4. The molecule has 3 aromatic carbocycles. The summed E-state index contributed by atoms with van der Waals surface area (Å²) in [6.45, 7) is 6.36. The van der Waals surface area contributed by atoms with Crippen LogP contribution in [0.15, 0.2) is 66.2 Å². The molecule has 0 spiro atoms. The summed E-state index contributed by atoms with van der Waals surface area (Å²) < 4.78 is 6.40. The van der Waals surface area contributed by atoms with Gasteiger partial charge in [-0.2, -0.15) is 0 Å². The maximum Gasteiger partial charge on any atom is 0.301 e. The third kappa shape index (κ3) is 4.14. The van der Waals surface area contributed by atoms with E-state index in [1.807, 2.05) is 32.9 Å². The number of aliphatic hydroxyl groups is 1. The number of nitrogens with zero attached hydrogens (tertiary/aromatic N) is 2. The summed E-state index contributed by atoms with van der Waals surface area (Å²) >= 11 is 7.46. The summed E-state index contributed by atoms with van der Waals surface area (Å²) in [6, 6.07) is 16.8. The van der Waals surface area contributed by atoms with Crippen molar-refractivity contribution in [3.63, 3.8) is 0 Å². The molecule has 1 aliphatic heterocycles. The first-order chi connectivity index (χ1) is 17.3. The van der Waals surface area contributed by atoms with Crippen LogP contribution in [0, 0.1) is 13.8 Å². The number of aryl methyl sites for hydroxylation is 2. The highest BCUT2D eigenvalue weighted by Gasteiger charge is 2.48. The number of fused-ring (bicyclic) bond motifs is 1. The molecule has 0 saturated carbocycles. The van der Waals surface area contributed by atoms with Gasteiger partial charge in [-0.15, -0.1) is 0 Å². The molecule has 0 radical (unpaired) electrons. The zero-order chi connectivity index (χ0) is 25.6. The standard InChI is InChI=1S/C28H23ClN2O4S/c1-4-35-20-11-7-18(8-12-20)25(32)22-24(17-5-9-19(29)10-6-17)31(27(34)26(22)33)28-30-23-16(3)13-15(2)14-21(23)36-28/h5-14,24,32H,4H2,1-3H3/t24-/m0/s1. The molecule has 1 saturated heterocycles. The van der Waals surface area contributed by atoms with Crippen molar-refractivity contribution in [2.45, 2.75) is 26.8 Å². The Morgan fingerprint density at radius 2 is 1.78 bits per heavy atom. The molecule has 182 valence electrons. The van der Waals surface area contributed by atoms with E-state index in [1.165, 1.54) is 16.2 Å². The molecule has 36 heavy (non-hydrogen) atoms. The number of aromatic nitrogens is 1. The summed E-state index contributed by atoms with van der Waals surface area (Å²) in [6.07, 6.45) is 0. The summed E-state index contributed by atoms with van der Waals surface area (Å²) in [5, 5.41) is 12.2. The number of carbonyl (C=O) groups is 2. The van der Waals surface area contributed by atoms with Crippen molar-refractivity contribution >= 4 is 55.7 Å². The average molecular weight is 519 g/mol. The topological polar surface area (TPSA) is 79.7 Å². The molecule has 1 N–H and O–H groups in total. The molecule has 1 amide bonds. The highest BCUT2D eigenvalue weighted by Crippen LogP contribution is 2.45. The number of amides is 1. The predicted octanol–water partition coefficient (Wildman–Crippen LogP) is 6.59. The Hall–Kier alpha value is -3.68. The fraction of sp³-hybridized carbons (Fsp3) is 0.179. The van der Waals surface area contributed by atoms with Crippen LogP contribution in [0.5, 0.6) is 5.75 Å². The van der Waals surface area contributed by atoms with Gasteiger partial charge in [0.25, 0.3) is 5.78 Å². The van der Waals surface area contributed by atoms with Gasteiger partial charge in [-0.05, 0) is 79.9 Å². The number of hydrogen-bond acceptors (Lipinski definition) is 6. The first kappa shape index (κ1) is 24.0. The Morgan fingerprint density at radius 3 is 2.44 bits per heavy atom. The molecule has 1 fully saturated rings. The molecular formula is C28H23ClN2O4S. The molecule has 4 aromatic rings. The number of benzene rings is 3. The van der Waals surface area contributed by atoms with E-state index >= 15 is 0 Å². The fourth-order valence-electron chi connectivity index (χ4n) is 4.48. The normalized spacial score (nSPS) is 17.2. The van der Waals surface area contributed by atoms with Gasteiger partial charge in [0.1, 0.15) is 11.5 Å². The highest BCUT2D eigenvalue weighted by atomic mass is 35.5. The second kappa shape index (κ2) is 9.41. The van der Waals surface area contributed by atoms with Crippen LogP contribution in [0.3, 0.4) is 0 Å². The Balaban J connectivity index is 1.69. The monoisotopic (exact) mass is 518 g/mol. The molecule has 2 heterocycles. The Kier molecular flexibility index (Phi) is 6.28. The number of halogens is 1. The molecule has 0 unspecified atom stereocenters. The van der Waals surface area contributed by atoms with E-state index in [2.05, 4.69) is 0 Å². The van der Waals surface area contributed by atoms with Crippen molar-refractivity contribution in [1.82, 2.24) is 4.98 Å². The lowest BCUT2D eigenvalue weighted by molar-refractivity contribution is -0.132. The zero-order valence-corrected chi connectivity index (χ0v) is 21.5. The van der Waals surface area contributed by atoms with Crippen LogP contribution >= 0.6 is 22.9 Å². The Bertz CT molecular complexity index is 1520. The SMILES string of the molecule is CCOc1ccc(C(O)=C2C(=O)C(=O)N(c3nc4c(C)cc(C)cc4s3)[C@H]2c2ccc(Cl)cc2)cc1. The number of thiazole rings is 1. The van der Waals surface area contributed by atoms with Gasteiger partial charge in [-0.25, -0.2) is 4.98 Å². The molecule has 1 aromatic heterocycles. The summed E-state index contributed by atoms with van der Waals surface area (Å²) in [4.78, 5) is 32.9. The molecule has 6 nitrogen and oxygen atoms in total. The van der Waals surface area contributed by atoms with Gasteiger partial charge < -0.3 is 9.84 Å². The molecule has 0 aliphatic carbocycles. The number of anilines is 1. The van der Waals surface area contributed by atoms with Gasteiger partial charge in [0, 0.05) is 10.6 Å². The third-order valence-corrected chi connectivity index (χ3v) is 7.35. The van der Waals surface area contributed by atoms with E-state index in [0.717, 1.165) is 21.3 Å². The summed E-state index contributed by atoms with van der Waals surface area (Å²) in [7, 11) is 0. The zero-order valence-electron chi connectivity index (χ0n) is 19.9. The van der Waals surface area contributed by atoms with Crippen molar-refractivity contribution in [1.29, 1.82) is 0 Å². The third-order valence-electron chi connectivity index (χ3n) is 6.09. The largest absolute Gasteiger partial charge is 0.507 e. The second-order valence-electron chi connectivity index (χ2n) is 8.60. The number of aliphatic hydroxyl groups excluding tert-OH is 1. The second-order valence-corrected chi connectivity index (χ2v) is 10.0.